The fourth-order valence-corrected chi connectivity index (χ4v) is 2.94. The number of anilines is 1. The molecule has 2 heterocycles. The maximum atomic E-state index is 4.69. The zero-order valence-electron chi connectivity index (χ0n) is 12.3. The molecular formula is C16H22N4. The lowest BCUT2D eigenvalue weighted by Gasteiger charge is -2.29. The summed E-state index contributed by atoms with van der Waals surface area (Å²) < 4.78 is 0. The van der Waals surface area contributed by atoms with E-state index in [0.717, 1.165) is 29.1 Å². The summed E-state index contributed by atoms with van der Waals surface area (Å²) in [5.74, 6) is 1.64. The van der Waals surface area contributed by atoms with E-state index in [2.05, 4.69) is 22.2 Å². The number of para-hydroxylation sites is 2. The number of hydrogen-bond acceptors (Lipinski definition) is 4. The molecule has 0 spiro atoms. The van der Waals surface area contributed by atoms with Crippen LogP contribution in [0.25, 0.3) is 11.0 Å². The molecule has 0 amide bonds. The number of nitrogens with zero attached hydrogens (tertiary/aromatic N) is 3. The minimum Gasteiger partial charge on any atom is -0.368 e. The molecule has 0 aliphatic carbocycles. The van der Waals surface area contributed by atoms with Crippen LogP contribution in [0.4, 0.5) is 5.82 Å². The van der Waals surface area contributed by atoms with E-state index in [-0.39, 0.29) is 0 Å². The fraction of sp³-hybridized carbons (Fsp3) is 0.500. The Morgan fingerprint density at radius 1 is 1.25 bits per heavy atom. The van der Waals surface area contributed by atoms with Crippen LogP contribution in [0.1, 0.15) is 18.5 Å². The van der Waals surface area contributed by atoms with Gasteiger partial charge in [-0.2, -0.15) is 0 Å². The molecule has 1 atom stereocenters. The zero-order valence-corrected chi connectivity index (χ0v) is 12.3. The summed E-state index contributed by atoms with van der Waals surface area (Å²) in [5, 5.41) is 3.50. The van der Waals surface area contributed by atoms with E-state index in [1.807, 2.05) is 31.2 Å². The molecule has 0 bridgehead atoms. The Kier molecular flexibility index (Phi) is 3.83. The van der Waals surface area contributed by atoms with Crippen LogP contribution in [0.3, 0.4) is 0 Å². The van der Waals surface area contributed by atoms with Gasteiger partial charge in [-0.15, -0.1) is 0 Å². The average Bonchev–Trinajstić information content (AvgIpc) is 2.45. The Hall–Kier alpha value is -1.68. The Morgan fingerprint density at radius 2 is 2.00 bits per heavy atom. The molecule has 1 N–H and O–H groups in total. The quantitative estimate of drug-likeness (QED) is 0.931. The third-order valence-corrected chi connectivity index (χ3v) is 4.03. The maximum absolute atomic E-state index is 4.69. The van der Waals surface area contributed by atoms with Gasteiger partial charge in [0.1, 0.15) is 5.82 Å². The van der Waals surface area contributed by atoms with E-state index in [9.17, 15) is 0 Å². The lowest BCUT2D eigenvalue weighted by atomic mass is 9.98. The van der Waals surface area contributed by atoms with Gasteiger partial charge >= 0.3 is 0 Å². The van der Waals surface area contributed by atoms with Crippen molar-refractivity contribution in [2.75, 3.05) is 32.0 Å². The first-order valence-corrected chi connectivity index (χ1v) is 7.38. The van der Waals surface area contributed by atoms with E-state index >= 15 is 0 Å². The van der Waals surface area contributed by atoms with Gasteiger partial charge in [0, 0.05) is 13.1 Å². The van der Waals surface area contributed by atoms with Gasteiger partial charge in [-0.05, 0) is 51.4 Å². The normalized spacial score (nSPS) is 20.2. The zero-order chi connectivity index (χ0) is 13.9. The van der Waals surface area contributed by atoms with Gasteiger partial charge in [-0.3, -0.25) is 0 Å². The summed E-state index contributed by atoms with van der Waals surface area (Å²) in [6.07, 6.45) is 2.60. The molecule has 1 unspecified atom stereocenters. The number of hydrogen-bond donors (Lipinski definition) is 1. The number of aromatic nitrogens is 2. The van der Waals surface area contributed by atoms with Crippen LogP contribution in [-0.4, -0.2) is 41.5 Å². The molecule has 3 rings (SSSR count). The number of nitrogens with one attached hydrogen (secondary N) is 1. The third-order valence-electron chi connectivity index (χ3n) is 4.03. The molecule has 1 fully saturated rings. The lowest BCUT2D eigenvalue weighted by Crippen LogP contribution is -2.35. The second-order valence-electron chi connectivity index (χ2n) is 5.80. The Morgan fingerprint density at radius 3 is 2.75 bits per heavy atom. The Labute approximate surface area is 120 Å². The SMILES string of the molecule is Cc1nc2ccccc2nc1NCC1CCCN(C)C1. The van der Waals surface area contributed by atoms with Gasteiger partial charge in [0.2, 0.25) is 0 Å². The molecule has 4 nitrogen and oxygen atoms in total. The van der Waals surface area contributed by atoms with Crippen molar-refractivity contribution >= 4 is 16.9 Å². The largest absolute Gasteiger partial charge is 0.368 e. The third kappa shape index (κ3) is 2.90. The molecule has 1 aromatic carbocycles. The number of aryl methyl sites for hydroxylation is 1. The molecule has 0 radical (unpaired) electrons. The molecule has 106 valence electrons. The van der Waals surface area contributed by atoms with Gasteiger partial charge in [0.15, 0.2) is 0 Å². The van der Waals surface area contributed by atoms with Gasteiger partial charge in [0.25, 0.3) is 0 Å². The Bertz CT molecular complexity index is 596. The van der Waals surface area contributed by atoms with Crippen LogP contribution in [0.5, 0.6) is 0 Å². The minimum atomic E-state index is 0.710. The van der Waals surface area contributed by atoms with Crippen LogP contribution in [0.2, 0.25) is 0 Å². The topological polar surface area (TPSA) is 41.1 Å². The first-order valence-electron chi connectivity index (χ1n) is 7.38. The molecule has 1 aliphatic heterocycles. The summed E-state index contributed by atoms with van der Waals surface area (Å²) in [4.78, 5) is 11.7. The predicted octanol–water partition coefficient (Wildman–Crippen LogP) is 2.69. The van der Waals surface area contributed by atoms with Gasteiger partial charge in [-0.25, -0.2) is 9.97 Å². The smallest absolute Gasteiger partial charge is 0.148 e. The summed E-state index contributed by atoms with van der Waals surface area (Å²) in [6.45, 7) is 5.41. The Balaban J connectivity index is 1.72. The van der Waals surface area contributed by atoms with Crippen LogP contribution < -0.4 is 5.32 Å². The summed E-state index contributed by atoms with van der Waals surface area (Å²) in [5.41, 5.74) is 2.90. The van der Waals surface area contributed by atoms with Crippen LogP contribution in [0.15, 0.2) is 24.3 Å². The van der Waals surface area contributed by atoms with Crippen molar-refractivity contribution in [1.82, 2.24) is 14.9 Å². The molecule has 0 saturated carbocycles. The van der Waals surface area contributed by atoms with E-state index in [1.165, 1.54) is 25.9 Å². The highest BCUT2D eigenvalue weighted by Gasteiger charge is 2.17. The van der Waals surface area contributed by atoms with E-state index in [0.29, 0.717) is 5.92 Å². The summed E-state index contributed by atoms with van der Waals surface area (Å²) in [7, 11) is 2.20. The van der Waals surface area contributed by atoms with Crippen LogP contribution in [-0.2, 0) is 0 Å². The van der Waals surface area contributed by atoms with Crippen LogP contribution >= 0.6 is 0 Å². The second-order valence-corrected chi connectivity index (χ2v) is 5.80. The van der Waals surface area contributed by atoms with E-state index in [4.69, 9.17) is 4.98 Å². The van der Waals surface area contributed by atoms with Gasteiger partial charge in [-0.1, -0.05) is 12.1 Å². The molecular weight excluding hydrogens is 248 g/mol. The molecule has 1 saturated heterocycles. The van der Waals surface area contributed by atoms with E-state index in [1.54, 1.807) is 0 Å². The molecule has 1 aliphatic rings. The fourth-order valence-electron chi connectivity index (χ4n) is 2.94. The molecule has 20 heavy (non-hydrogen) atoms. The highest BCUT2D eigenvalue weighted by Crippen LogP contribution is 2.19. The van der Waals surface area contributed by atoms with Crippen molar-refractivity contribution in [2.45, 2.75) is 19.8 Å². The second kappa shape index (κ2) is 5.75. The lowest BCUT2D eigenvalue weighted by molar-refractivity contribution is 0.217. The monoisotopic (exact) mass is 270 g/mol. The number of piperidine rings is 1. The standard InChI is InChI=1S/C16H22N4/c1-12-16(17-10-13-6-5-9-20(2)11-13)19-15-8-4-3-7-14(15)18-12/h3-4,7-8,13H,5-6,9-11H2,1-2H3,(H,17,19). The maximum Gasteiger partial charge on any atom is 0.148 e. The minimum absolute atomic E-state index is 0.710. The van der Waals surface area contributed by atoms with Crippen molar-refractivity contribution < 1.29 is 0 Å². The van der Waals surface area contributed by atoms with Crippen molar-refractivity contribution in [3.8, 4) is 0 Å². The van der Waals surface area contributed by atoms with Crippen molar-refractivity contribution in [1.29, 1.82) is 0 Å². The van der Waals surface area contributed by atoms with Crippen molar-refractivity contribution in [3.05, 3.63) is 30.0 Å². The first kappa shape index (κ1) is 13.3. The number of likely N-dealkylation sites (tertiary alicyclic amines) is 1. The average molecular weight is 270 g/mol. The van der Waals surface area contributed by atoms with Crippen LogP contribution in [0, 0.1) is 12.8 Å². The van der Waals surface area contributed by atoms with Gasteiger partial charge in [0.05, 0.1) is 16.7 Å². The van der Waals surface area contributed by atoms with Crippen molar-refractivity contribution in [2.24, 2.45) is 5.92 Å². The van der Waals surface area contributed by atoms with Crippen molar-refractivity contribution in [3.63, 3.8) is 0 Å². The molecule has 4 heteroatoms. The number of rotatable bonds is 3. The predicted molar refractivity (Wildman–Crippen MR) is 83.0 cm³/mol. The number of benzene rings is 1. The summed E-state index contributed by atoms with van der Waals surface area (Å²) in [6, 6.07) is 8.03. The summed E-state index contributed by atoms with van der Waals surface area (Å²) >= 11 is 0. The van der Waals surface area contributed by atoms with E-state index < -0.39 is 0 Å². The number of fused-ring (bicyclic) bond motifs is 1. The van der Waals surface area contributed by atoms with Gasteiger partial charge < -0.3 is 10.2 Å². The molecule has 1 aromatic heterocycles. The first-order chi connectivity index (χ1) is 9.72. The highest BCUT2D eigenvalue weighted by atomic mass is 15.1. The molecule has 2 aromatic rings. The highest BCUT2D eigenvalue weighted by molar-refractivity contribution is 5.76.